The molecule has 2 saturated heterocycles. The molecule has 1 aromatic carbocycles. The summed E-state index contributed by atoms with van der Waals surface area (Å²) in [4.78, 5) is 28.7. The molecule has 4 aliphatic heterocycles. The van der Waals surface area contributed by atoms with E-state index >= 15 is 0 Å². The third kappa shape index (κ3) is 2.93. The average Bonchev–Trinajstić information content (AvgIpc) is 3.43. The summed E-state index contributed by atoms with van der Waals surface area (Å²) in [6, 6.07) is 5.95. The zero-order valence-corrected chi connectivity index (χ0v) is 15.3. The van der Waals surface area contributed by atoms with Crippen molar-refractivity contribution in [1.82, 2.24) is 9.80 Å². The molecule has 148 valence electrons. The Hall–Kier alpha value is -2.58. The highest BCUT2D eigenvalue weighted by Gasteiger charge is 2.54. The van der Waals surface area contributed by atoms with Crippen molar-refractivity contribution in [3.05, 3.63) is 35.9 Å². The number of carbonyl (C=O) groups excluding carboxylic acids is 1. The van der Waals surface area contributed by atoms with Gasteiger partial charge in [0.1, 0.15) is 5.92 Å². The number of aliphatic carboxylic acids is 1. The number of hydrogen-bond acceptors (Lipinski definition) is 6. The van der Waals surface area contributed by atoms with E-state index in [2.05, 4.69) is 4.90 Å². The van der Waals surface area contributed by atoms with Gasteiger partial charge in [0.05, 0.1) is 18.1 Å². The lowest BCUT2D eigenvalue weighted by Gasteiger charge is -2.37. The lowest BCUT2D eigenvalue weighted by Crippen LogP contribution is -2.52. The van der Waals surface area contributed by atoms with Crippen LogP contribution in [0.25, 0.3) is 0 Å². The number of hydrogen-bond donors (Lipinski definition) is 1. The van der Waals surface area contributed by atoms with Crippen LogP contribution < -0.4 is 9.47 Å². The average molecular weight is 386 g/mol. The van der Waals surface area contributed by atoms with Crippen LogP contribution in [0, 0.1) is 11.8 Å². The Morgan fingerprint density at radius 3 is 2.46 bits per heavy atom. The highest BCUT2D eigenvalue weighted by atomic mass is 16.7. The maximum Gasteiger partial charge on any atom is 0.310 e. The van der Waals surface area contributed by atoms with Gasteiger partial charge >= 0.3 is 5.97 Å². The monoisotopic (exact) mass is 386 g/mol. The van der Waals surface area contributed by atoms with Crippen molar-refractivity contribution in [2.24, 2.45) is 11.8 Å². The fourth-order valence-electron chi connectivity index (χ4n) is 4.53. The highest BCUT2D eigenvalue weighted by Crippen LogP contribution is 2.40. The molecule has 28 heavy (non-hydrogen) atoms. The van der Waals surface area contributed by atoms with E-state index < -0.39 is 30.0 Å². The van der Waals surface area contributed by atoms with E-state index in [9.17, 15) is 14.7 Å². The van der Waals surface area contributed by atoms with Crippen molar-refractivity contribution in [3.8, 4) is 11.5 Å². The zero-order chi connectivity index (χ0) is 19.3. The van der Waals surface area contributed by atoms with E-state index in [-0.39, 0.29) is 12.7 Å². The number of amides is 1. The van der Waals surface area contributed by atoms with Crippen molar-refractivity contribution >= 4 is 11.9 Å². The minimum Gasteiger partial charge on any atom is -0.481 e. The van der Waals surface area contributed by atoms with Gasteiger partial charge in [-0.25, -0.2) is 0 Å². The molecule has 0 radical (unpaired) electrons. The van der Waals surface area contributed by atoms with Gasteiger partial charge in [0.15, 0.2) is 11.5 Å². The Bertz CT molecular complexity index is 832. The van der Waals surface area contributed by atoms with Crippen molar-refractivity contribution in [2.45, 2.75) is 18.8 Å². The first-order valence-electron chi connectivity index (χ1n) is 9.56. The number of carbonyl (C=O) groups is 2. The molecule has 1 aromatic rings. The first kappa shape index (κ1) is 17.5. The van der Waals surface area contributed by atoms with E-state index in [0.29, 0.717) is 13.1 Å². The molecule has 1 amide bonds. The summed E-state index contributed by atoms with van der Waals surface area (Å²) < 4.78 is 16.4. The van der Waals surface area contributed by atoms with Crippen LogP contribution in [0.5, 0.6) is 11.5 Å². The van der Waals surface area contributed by atoms with Crippen LogP contribution in [0.2, 0.25) is 0 Å². The van der Waals surface area contributed by atoms with Gasteiger partial charge in [-0.15, -0.1) is 0 Å². The molecular formula is C20H22N2O6. The topological polar surface area (TPSA) is 88.5 Å². The maximum atomic E-state index is 13.0. The number of nitrogens with zero attached hydrogens (tertiary/aromatic N) is 2. The second-order valence-electron chi connectivity index (χ2n) is 7.63. The maximum absolute atomic E-state index is 13.0. The third-order valence-electron chi connectivity index (χ3n) is 6.00. The minimum atomic E-state index is -0.961. The molecule has 8 nitrogen and oxygen atoms in total. The summed E-state index contributed by atoms with van der Waals surface area (Å²) >= 11 is 0. The van der Waals surface area contributed by atoms with Gasteiger partial charge in [-0.2, -0.15) is 0 Å². The molecule has 2 bridgehead atoms. The fraction of sp³-hybridized carbons (Fsp3) is 0.500. The number of rotatable bonds is 4. The molecule has 5 rings (SSSR count). The standard InChI is InChI=1S/C20H22N2O6/c23-19(17-14-3-4-15(28-14)18(17)20(24)25)22-7-5-21(6-8-22)10-12-1-2-13-16(9-12)27-11-26-13/h1-4,9,14-15,17-18H,5-8,10-11H2,(H,24,25)/t14-,15+,17-,18+/m1/s1. The lowest BCUT2D eigenvalue weighted by molar-refractivity contribution is -0.150. The second-order valence-corrected chi connectivity index (χ2v) is 7.63. The van der Waals surface area contributed by atoms with Gasteiger partial charge in [-0.1, -0.05) is 18.2 Å². The molecule has 0 spiro atoms. The predicted molar refractivity (Wildman–Crippen MR) is 96.8 cm³/mol. The van der Waals surface area contributed by atoms with Crippen LogP contribution in [0.4, 0.5) is 0 Å². The van der Waals surface area contributed by atoms with E-state index in [1.165, 1.54) is 0 Å². The summed E-state index contributed by atoms with van der Waals surface area (Å²) in [5.74, 6) is -0.921. The second kappa shape index (κ2) is 6.79. The number of fused-ring (bicyclic) bond motifs is 3. The molecule has 8 heteroatoms. The van der Waals surface area contributed by atoms with Crippen molar-refractivity contribution in [3.63, 3.8) is 0 Å². The van der Waals surface area contributed by atoms with E-state index in [0.717, 1.165) is 36.7 Å². The molecule has 0 unspecified atom stereocenters. The van der Waals surface area contributed by atoms with Gasteiger partial charge in [0, 0.05) is 32.7 Å². The molecule has 0 aliphatic carbocycles. The summed E-state index contributed by atoms with van der Waals surface area (Å²) in [6.45, 7) is 3.71. The largest absolute Gasteiger partial charge is 0.481 e. The quantitative estimate of drug-likeness (QED) is 0.763. The number of ether oxygens (including phenoxy) is 3. The van der Waals surface area contributed by atoms with Crippen molar-refractivity contribution < 1.29 is 28.9 Å². The molecule has 4 atom stereocenters. The SMILES string of the molecule is O=C(O)[C@@H]1[C@H](C(=O)N2CCN(Cc3ccc4c(c3)OCO4)CC2)[C@H]2C=C[C@@H]1O2. The Labute approximate surface area is 162 Å². The minimum absolute atomic E-state index is 0.105. The molecule has 4 aliphatic rings. The first-order chi connectivity index (χ1) is 13.6. The summed E-state index contributed by atoms with van der Waals surface area (Å²) in [7, 11) is 0. The summed E-state index contributed by atoms with van der Waals surface area (Å²) in [5.41, 5.74) is 1.14. The molecule has 1 N–H and O–H groups in total. The van der Waals surface area contributed by atoms with Crippen LogP contribution in [0.1, 0.15) is 5.56 Å². The van der Waals surface area contributed by atoms with E-state index in [4.69, 9.17) is 14.2 Å². The number of carboxylic acid groups (broad SMARTS) is 1. The predicted octanol–water partition coefficient (Wildman–Crippen LogP) is 0.714. The van der Waals surface area contributed by atoms with Crippen LogP contribution in [-0.4, -0.2) is 72.0 Å². The molecule has 2 fully saturated rings. The summed E-state index contributed by atoms with van der Waals surface area (Å²) in [5, 5.41) is 9.51. The van der Waals surface area contributed by atoms with Crippen LogP contribution in [0.15, 0.2) is 30.4 Å². The van der Waals surface area contributed by atoms with Crippen molar-refractivity contribution in [1.29, 1.82) is 0 Å². The molecule has 4 heterocycles. The normalized spacial score (nSPS) is 30.8. The van der Waals surface area contributed by atoms with Crippen LogP contribution >= 0.6 is 0 Å². The third-order valence-corrected chi connectivity index (χ3v) is 6.00. The van der Waals surface area contributed by atoms with Crippen LogP contribution in [-0.2, 0) is 20.9 Å². The Morgan fingerprint density at radius 1 is 1.00 bits per heavy atom. The van der Waals surface area contributed by atoms with Gasteiger partial charge < -0.3 is 24.2 Å². The van der Waals surface area contributed by atoms with Crippen molar-refractivity contribution in [2.75, 3.05) is 33.0 Å². The molecule has 0 aromatic heterocycles. The highest BCUT2D eigenvalue weighted by molar-refractivity contribution is 5.87. The number of piperazine rings is 1. The Kier molecular flexibility index (Phi) is 4.25. The fourth-order valence-corrected chi connectivity index (χ4v) is 4.53. The zero-order valence-electron chi connectivity index (χ0n) is 15.3. The lowest BCUT2D eigenvalue weighted by atomic mass is 9.82. The van der Waals surface area contributed by atoms with Gasteiger partial charge in [-0.05, 0) is 17.7 Å². The Morgan fingerprint density at radius 2 is 1.71 bits per heavy atom. The Balaban J connectivity index is 1.20. The van der Waals surface area contributed by atoms with Gasteiger partial charge in [-0.3, -0.25) is 14.5 Å². The number of benzene rings is 1. The van der Waals surface area contributed by atoms with Crippen LogP contribution in [0.3, 0.4) is 0 Å². The van der Waals surface area contributed by atoms with E-state index in [1.54, 1.807) is 11.0 Å². The molecular weight excluding hydrogens is 364 g/mol. The van der Waals surface area contributed by atoms with E-state index in [1.807, 2.05) is 24.3 Å². The first-order valence-corrected chi connectivity index (χ1v) is 9.56. The number of carboxylic acids is 1. The van der Waals surface area contributed by atoms with Gasteiger partial charge in [0.2, 0.25) is 12.7 Å². The summed E-state index contributed by atoms with van der Waals surface area (Å²) in [6.07, 6.45) is 2.69. The van der Waals surface area contributed by atoms with Gasteiger partial charge in [0.25, 0.3) is 0 Å². The smallest absolute Gasteiger partial charge is 0.310 e. The molecule has 0 saturated carbocycles.